The molecule has 3 N–H and O–H groups in total. The summed E-state index contributed by atoms with van der Waals surface area (Å²) in [5.41, 5.74) is 2.66. The smallest absolute Gasteiger partial charge is 0.186 e. The van der Waals surface area contributed by atoms with Crippen LogP contribution in [0.15, 0.2) is 23.3 Å². The Hall–Kier alpha value is -0.760. The fourth-order valence-electron chi connectivity index (χ4n) is 3.76. The maximum Gasteiger partial charge on any atom is 0.186 e. The highest BCUT2D eigenvalue weighted by atomic mass is 16.7. The zero-order valence-corrected chi connectivity index (χ0v) is 21.1. The number of hydrogen-bond donors (Lipinski definition) is 3. The Morgan fingerprint density at radius 2 is 1.31 bits per heavy atom. The van der Waals surface area contributed by atoms with Gasteiger partial charge >= 0.3 is 0 Å². The molecule has 0 radical (unpaired) electrons. The van der Waals surface area contributed by atoms with Crippen LogP contribution in [0.4, 0.5) is 0 Å². The summed E-state index contributed by atoms with van der Waals surface area (Å²) in [6.45, 7) is 13.4. The van der Waals surface area contributed by atoms with Crippen molar-refractivity contribution in [1.29, 1.82) is 0 Å². The third kappa shape index (κ3) is 11.4. The molecule has 188 valence electrons. The third-order valence-electron chi connectivity index (χ3n) is 6.06. The van der Waals surface area contributed by atoms with E-state index in [-0.39, 0.29) is 6.61 Å². The molecule has 7 atom stereocenters. The maximum atomic E-state index is 10.6. The molecule has 1 aliphatic heterocycles. The van der Waals surface area contributed by atoms with Crippen LogP contribution in [0, 0.1) is 11.8 Å². The van der Waals surface area contributed by atoms with Crippen LogP contribution in [-0.2, 0) is 14.2 Å². The first-order valence-corrected chi connectivity index (χ1v) is 12.3. The molecule has 3 unspecified atom stereocenters. The molecule has 1 heterocycles. The fraction of sp³-hybridized carbons (Fsp3) is 0.846. The molecule has 0 aromatic carbocycles. The fourth-order valence-corrected chi connectivity index (χ4v) is 3.76. The van der Waals surface area contributed by atoms with Gasteiger partial charge in [-0.2, -0.15) is 0 Å². The molecule has 0 bridgehead atoms. The number of aliphatic hydroxyl groups is 3. The van der Waals surface area contributed by atoms with E-state index in [0.717, 1.165) is 38.5 Å². The van der Waals surface area contributed by atoms with Crippen molar-refractivity contribution in [2.24, 2.45) is 11.8 Å². The highest BCUT2D eigenvalue weighted by Gasteiger charge is 2.45. The first kappa shape index (κ1) is 29.3. The van der Waals surface area contributed by atoms with Gasteiger partial charge in [-0.05, 0) is 78.1 Å². The Morgan fingerprint density at radius 3 is 1.78 bits per heavy atom. The summed E-state index contributed by atoms with van der Waals surface area (Å²) in [7, 11) is 0. The second-order valence-electron chi connectivity index (χ2n) is 9.92. The Labute approximate surface area is 195 Å². The summed E-state index contributed by atoms with van der Waals surface area (Å²) in [6.07, 6.45) is 5.64. The summed E-state index contributed by atoms with van der Waals surface area (Å²) >= 11 is 0. The zero-order chi connectivity index (χ0) is 24.1. The van der Waals surface area contributed by atoms with E-state index in [4.69, 9.17) is 14.2 Å². The predicted molar refractivity (Wildman–Crippen MR) is 128 cm³/mol. The van der Waals surface area contributed by atoms with Gasteiger partial charge in [0.2, 0.25) is 0 Å². The van der Waals surface area contributed by atoms with Crippen molar-refractivity contribution in [3.63, 3.8) is 0 Å². The molecule has 6 heteroatoms. The predicted octanol–water partition coefficient (Wildman–Crippen LogP) is 4.37. The molecule has 0 aromatic heterocycles. The Balaban J connectivity index is 2.54. The Bertz CT molecular complexity index is 553. The monoisotopic (exact) mass is 456 g/mol. The van der Waals surface area contributed by atoms with Crippen LogP contribution in [0.3, 0.4) is 0 Å². The molecule has 0 aliphatic carbocycles. The highest BCUT2D eigenvalue weighted by molar-refractivity contribution is 4.93. The Kier molecular flexibility index (Phi) is 14.6. The van der Waals surface area contributed by atoms with Gasteiger partial charge in [0.1, 0.15) is 24.4 Å². The van der Waals surface area contributed by atoms with Crippen LogP contribution in [0.5, 0.6) is 0 Å². The van der Waals surface area contributed by atoms with E-state index in [1.807, 2.05) is 0 Å². The molecule has 1 fully saturated rings. The van der Waals surface area contributed by atoms with Crippen LogP contribution in [0.25, 0.3) is 0 Å². The van der Waals surface area contributed by atoms with Crippen molar-refractivity contribution in [3.8, 4) is 0 Å². The molecule has 1 rings (SSSR count). The number of allylic oxidation sites excluding steroid dienone is 4. The number of rotatable bonds is 15. The van der Waals surface area contributed by atoms with Crippen molar-refractivity contribution < 1.29 is 29.5 Å². The lowest BCUT2D eigenvalue weighted by molar-refractivity contribution is -0.310. The normalized spacial score (nSPS) is 27.6. The average molecular weight is 457 g/mol. The molecule has 32 heavy (non-hydrogen) atoms. The minimum Gasteiger partial charge on any atom is -0.394 e. The van der Waals surface area contributed by atoms with Gasteiger partial charge in [-0.25, -0.2) is 0 Å². The lowest BCUT2D eigenvalue weighted by atomic mass is 9.98. The second kappa shape index (κ2) is 16.0. The summed E-state index contributed by atoms with van der Waals surface area (Å²) in [5.74, 6) is 0.989. The van der Waals surface area contributed by atoms with Crippen molar-refractivity contribution >= 4 is 0 Å². The summed E-state index contributed by atoms with van der Waals surface area (Å²) in [4.78, 5) is 0. The first-order chi connectivity index (χ1) is 15.1. The third-order valence-corrected chi connectivity index (χ3v) is 6.06. The van der Waals surface area contributed by atoms with Gasteiger partial charge in [-0.3, -0.25) is 0 Å². The van der Waals surface area contributed by atoms with Crippen LogP contribution in [0.2, 0.25) is 0 Å². The molecule has 0 spiro atoms. The zero-order valence-electron chi connectivity index (χ0n) is 21.1. The summed E-state index contributed by atoms with van der Waals surface area (Å²) < 4.78 is 17.6. The quantitative estimate of drug-likeness (QED) is 0.317. The topological polar surface area (TPSA) is 88.4 Å². The second-order valence-corrected chi connectivity index (χ2v) is 9.92. The van der Waals surface area contributed by atoms with Gasteiger partial charge in [-0.1, -0.05) is 37.1 Å². The molecular formula is C26H48O6. The van der Waals surface area contributed by atoms with Crippen LogP contribution < -0.4 is 0 Å². The number of hydrogen-bond acceptors (Lipinski definition) is 6. The number of ether oxygens (including phenoxy) is 3. The minimum atomic E-state index is -1.21. The molecule has 0 aromatic rings. The molecule has 1 saturated heterocycles. The van der Waals surface area contributed by atoms with Crippen LogP contribution >= 0.6 is 0 Å². The lowest BCUT2D eigenvalue weighted by Crippen LogP contribution is -2.60. The Morgan fingerprint density at radius 1 is 0.812 bits per heavy atom. The van der Waals surface area contributed by atoms with Gasteiger partial charge in [0.15, 0.2) is 6.29 Å². The molecule has 0 saturated carbocycles. The summed E-state index contributed by atoms with van der Waals surface area (Å²) in [6, 6.07) is 0. The molecule has 1 aliphatic rings. The van der Waals surface area contributed by atoms with Crippen LogP contribution in [0.1, 0.15) is 80.1 Å². The van der Waals surface area contributed by atoms with Gasteiger partial charge in [0.25, 0.3) is 0 Å². The standard InChI is InChI=1S/C26H48O6/c1-18(2)9-7-11-20(5)13-15-30-25-24(29)23(28)22(17-27)32-26(25)31-16-14-21(6)12-8-10-19(3)4/h9-10,20-29H,7-8,11-17H2,1-6H3/t20?,21?,22-,23-,24+,25-,26?/m1/s1. The van der Waals surface area contributed by atoms with Crippen molar-refractivity contribution in [2.45, 2.75) is 111 Å². The maximum absolute atomic E-state index is 10.6. The molecular weight excluding hydrogens is 408 g/mol. The van der Waals surface area contributed by atoms with Crippen molar-refractivity contribution in [1.82, 2.24) is 0 Å². The molecule has 6 nitrogen and oxygen atoms in total. The van der Waals surface area contributed by atoms with Gasteiger partial charge in [-0.15, -0.1) is 0 Å². The van der Waals surface area contributed by atoms with Crippen LogP contribution in [-0.4, -0.2) is 65.8 Å². The van der Waals surface area contributed by atoms with E-state index >= 15 is 0 Å². The largest absolute Gasteiger partial charge is 0.394 e. The van der Waals surface area contributed by atoms with Gasteiger partial charge in [0.05, 0.1) is 13.2 Å². The number of aliphatic hydroxyl groups excluding tert-OH is 3. The van der Waals surface area contributed by atoms with E-state index in [9.17, 15) is 15.3 Å². The summed E-state index contributed by atoms with van der Waals surface area (Å²) in [5, 5.41) is 30.4. The highest BCUT2D eigenvalue weighted by Crippen LogP contribution is 2.26. The average Bonchev–Trinajstić information content (AvgIpc) is 2.71. The van der Waals surface area contributed by atoms with Gasteiger partial charge < -0.3 is 29.5 Å². The van der Waals surface area contributed by atoms with E-state index in [1.165, 1.54) is 11.1 Å². The molecule has 0 amide bonds. The lowest BCUT2D eigenvalue weighted by Gasteiger charge is -2.42. The van der Waals surface area contributed by atoms with E-state index in [0.29, 0.717) is 25.0 Å². The van der Waals surface area contributed by atoms with E-state index < -0.39 is 30.7 Å². The first-order valence-electron chi connectivity index (χ1n) is 12.3. The van der Waals surface area contributed by atoms with Gasteiger partial charge in [0, 0.05) is 6.61 Å². The van der Waals surface area contributed by atoms with Crippen molar-refractivity contribution in [3.05, 3.63) is 23.3 Å². The SMILES string of the molecule is CC(C)=CCCC(C)CCOC1O[C@H](CO)[C@@H](O)[C@H](O)[C@H]1OCCC(C)CCC=C(C)C. The van der Waals surface area contributed by atoms with Crippen molar-refractivity contribution in [2.75, 3.05) is 19.8 Å². The minimum absolute atomic E-state index is 0.384. The van der Waals surface area contributed by atoms with E-state index in [2.05, 4.69) is 53.7 Å². The van der Waals surface area contributed by atoms with E-state index in [1.54, 1.807) is 0 Å².